The number of anilines is 1. The van der Waals surface area contributed by atoms with Crippen LogP contribution in [0.25, 0.3) is 16.9 Å². The van der Waals surface area contributed by atoms with Crippen LogP contribution in [-0.4, -0.2) is 126 Å². The highest BCUT2D eigenvalue weighted by atomic mass is 16.3. The standard InChI is InChI=1S/C35H43N5O7/c1-37(2)24-16-21(19-8-6-18(7-9-19)17-40-12-10-39(5)11-13-40)29(41)26-22(24)14-20-15-23-28(38(3)4)31(43)27(34(36)46)33(45)35(23,47)32(44)25(20)30(26)42/h6-9,16,20,23,28,41-42,45,47H,10-15,17H2,1-5H3,(H2,36,46)/t20-,23-,28-,35-/m1/s1. The first-order valence-corrected chi connectivity index (χ1v) is 15.9. The quantitative estimate of drug-likeness (QED) is 0.288. The Balaban J connectivity index is 1.44. The summed E-state index contributed by atoms with van der Waals surface area (Å²) in [6.07, 6.45) is 0.260. The number of fused-ring (bicyclic) bond motifs is 3. The summed E-state index contributed by atoms with van der Waals surface area (Å²) in [7, 11) is 8.99. The van der Waals surface area contributed by atoms with Crippen molar-refractivity contribution in [2.24, 2.45) is 17.6 Å². The van der Waals surface area contributed by atoms with Gasteiger partial charge in [-0.05, 0) is 62.7 Å². The number of phenols is 1. The van der Waals surface area contributed by atoms with E-state index in [-0.39, 0.29) is 29.7 Å². The Morgan fingerprint density at radius 2 is 1.66 bits per heavy atom. The number of benzene rings is 2. The first-order chi connectivity index (χ1) is 22.2. The summed E-state index contributed by atoms with van der Waals surface area (Å²) in [5, 5.41) is 46.6. The summed E-state index contributed by atoms with van der Waals surface area (Å²) in [6.45, 7) is 4.83. The highest BCUT2D eigenvalue weighted by molar-refractivity contribution is 6.24. The molecule has 3 aliphatic carbocycles. The number of phenolic OH excluding ortho intramolecular Hbond substituents is 1. The van der Waals surface area contributed by atoms with Crippen molar-refractivity contribution in [3.8, 4) is 16.9 Å². The molecule has 0 unspecified atom stereocenters. The number of aliphatic hydroxyl groups excluding tert-OH is 2. The number of rotatable bonds is 6. The molecule has 0 radical (unpaired) electrons. The van der Waals surface area contributed by atoms with Crippen LogP contribution in [0.5, 0.6) is 5.75 Å². The number of amides is 1. The molecule has 1 aliphatic heterocycles. The zero-order valence-corrected chi connectivity index (χ0v) is 27.4. The molecule has 1 saturated carbocycles. The molecule has 1 amide bonds. The summed E-state index contributed by atoms with van der Waals surface area (Å²) in [5.74, 6) is -6.65. The molecule has 0 aromatic heterocycles. The van der Waals surface area contributed by atoms with Gasteiger partial charge in [0.25, 0.3) is 5.91 Å². The molecule has 47 heavy (non-hydrogen) atoms. The number of aliphatic hydroxyl groups is 3. The van der Waals surface area contributed by atoms with Gasteiger partial charge in [-0.3, -0.25) is 24.2 Å². The van der Waals surface area contributed by atoms with Crippen LogP contribution >= 0.6 is 0 Å². The van der Waals surface area contributed by atoms with E-state index < -0.39 is 58.0 Å². The van der Waals surface area contributed by atoms with Crippen LogP contribution in [0, 0.1) is 11.8 Å². The molecular weight excluding hydrogens is 602 g/mol. The molecule has 4 aliphatic rings. The second kappa shape index (κ2) is 11.8. The van der Waals surface area contributed by atoms with Gasteiger partial charge in [-0.1, -0.05) is 24.3 Å². The zero-order chi connectivity index (χ0) is 34.1. The molecule has 1 heterocycles. The predicted molar refractivity (Wildman–Crippen MR) is 177 cm³/mol. The lowest BCUT2D eigenvalue weighted by atomic mass is 9.57. The van der Waals surface area contributed by atoms with E-state index in [1.165, 1.54) is 4.90 Å². The van der Waals surface area contributed by atoms with Gasteiger partial charge in [0, 0.05) is 69.6 Å². The molecule has 250 valence electrons. The van der Waals surface area contributed by atoms with Crippen LogP contribution in [-0.2, 0) is 27.3 Å². The number of carbonyl (C=O) groups is 3. The number of Topliss-reactive ketones (excluding diaryl/α,β-unsaturated/α-hetero) is 2. The van der Waals surface area contributed by atoms with Crippen molar-refractivity contribution < 1.29 is 34.8 Å². The lowest BCUT2D eigenvalue weighted by molar-refractivity contribution is -0.153. The predicted octanol–water partition coefficient (Wildman–Crippen LogP) is 1.44. The lowest BCUT2D eigenvalue weighted by Gasteiger charge is -2.50. The van der Waals surface area contributed by atoms with E-state index in [2.05, 4.69) is 16.8 Å². The van der Waals surface area contributed by atoms with Gasteiger partial charge in [-0.25, -0.2) is 0 Å². The summed E-state index contributed by atoms with van der Waals surface area (Å²) in [6, 6.07) is 8.63. The van der Waals surface area contributed by atoms with Crippen LogP contribution in [0.2, 0.25) is 0 Å². The fraction of sp³-hybridized carbons (Fsp3) is 0.457. The van der Waals surface area contributed by atoms with Gasteiger partial charge in [-0.15, -0.1) is 0 Å². The molecule has 12 heteroatoms. The Bertz CT molecular complexity index is 1720. The monoisotopic (exact) mass is 645 g/mol. The number of carbonyl (C=O) groups excluding carboxylic acids is 3. The van der Waals surface area contributed by atoms with E-state index in [0.29, 0.717) is 11.1 Å². The number of aromatic hydroxyl groups is 1. The molecule has 1 saturated heterocycles. The van der Waals surface area contributed by atoms with Crippen LogP contribution in [0.3, 0.4) is 0 Å². The maximum atomic E-state index is 14.3. The molecule has 4 atom stereocenters. The van der Waals surface area contributed by atoms with E-state index in [4.69, 9.17) is 5.73 Å². The number of piperazine rings is 1. The average Bonchev–Trinajstić information content (AvgIpc) is 3.00. The van der Waals surface area contributed by atoms with Crippen molar-refractivity contribution in [2.75, 3.05) is 66.3 Å². The Labute approximate surface area is 274 Å². The summed E-state index contributed by atoms with van der Waals surface area (Å²) < 4.78 is 0. The van der Waals surface area contributed by atoms with Crippen molar-refractivity contribution >= 4 is 28.9 Å². The highest BCUT2D eigenvalue weighted by Gasteiger charge is 2.64. The molecule has 6 rings (SSSR count). The molecule has 6 N–H and O–H groups in total. The Morgan fingerprint density at radius 3 is 2.23 bits per heavy atom. The van der Waals surface area contributed by atoms with Gasteiger partial charge in [0.15, 0.2) is 11.4 Å². The van der Waals surface area contributed by atoms with Crippen LogP contribution < -0.4 is 10.6 Å². The minimum Gasteiger partial charge on any atom is -0.508 e. The third-order valence-corrected chi connectivity index (χ3v) is 10.4. The number of ketones is 2. The third kappa shape index (κ3) is 5.10. The smallest absolute Gasteiger partial charge is 0.255 e. The second-order valence-corrected chi connectivity index (χ2v) is 13.8. The average molecular weight is 646 g/mol. The molecule has 2 aromatic rings. The van der Waals surface area contributed by atoms with Crippen molar-refractivity contribution in [2.45, 2.75) is 31.0 Å². The first-order valence-electron chi connectivity index (χ1n) is 15.9. The lowest BCUT2D eigenvalue weighted by Crippen LogP contribution is -2.65. The van der Waals surface area contributed by atoms with Crippen LogP contribution in [0.4, 0.5) is 5.69 Å². The van der Waals surface area contributed by atoms with Gasteiger partial charge in [-0.2, -0.15) is 0 Å². The number of likely N-dealkylation sites (N-methyl/N-ethyl adjacent to an activating group) is 2. The maximum absolute atomic E-state index is 14.3. The van der Waals surface area contributed by atoms with E-state index in [0.717, 1.165) is 49.5 Å². The first kappa shape index (κ1) is 32.7. The molecule has 12 nitrogen and oxygen atoms in total. The fourth-order valence-corrected chi connectivity index (χ4v) is 7.96. The summed E-state index contributed by atoms with van der Waals surface area (Å²) >= 11 is 0. The summed E-state index contributed by atoms with van der Waals surface area (Å²) in [5.41, 5.74) is 5.49. The van der Waals surface area contributed by atoms with Gasteiger partial charge in [0.2, 0.25) is 5.78 Å². The SMILES string of the molecule is CN1CCN(Cc2ccc(-c3cc(N(C)C)c4c(c3O)C(O)=C3C(=O)[C@@]5(O)C(O)=C(C(N)=O)C(=O)[C@H](N(C)C)[C@H]5C[C@H]3C4)cc2)CC1. The topological polar surface area (TPSA) is 171 Å². The maximum Gasteiger partial charge on any atom is 0.255 e. The van der Waals surface area contributed by atoms with E-state index >= 15 is 0 Å². The minimum atomic E-state index is -2.68. The summed E-state index contributed by atoms with van der Waals surface area (Å²) in [4.78, 5) is 47.9. The zero-order valence-electron chi connectivity index (χ0n) is 27.4. The van der Waals surface area contributed by atoms with Gasteiger partial charge >= 0.3 is 0 Å². The number of nitrogens with two attached hydrogens (primary N) is 1. The number of primary amides is 1. The largest absolute Gasteiger partial charge is 0.508 e. The van der Waals surface area contributed by atoms with E-state index in [9.17, 15) is 34.8 Å². The Hall–Kier alpha value is -4.23. The Kier molecular flexibility index (Phi) is 8.20. The van der Waals surface area contributed by atoms with Crippen molar-refractivity contribution in [3.05, 3.63) is 63.9 Å². The van der Waals surface area contributed by atoms with E-state index in [1.54, 1.807) is 14.1 Å². The fourth-order valence-electron chi connectivity index (χ4n) is 7.96. The Morgan fingerprint density at radius 1 is 1.02 bits per heavy atom. The number of hydrogen-bond donors (Lipinski definition) is 5. The molecule has 0 bridgehead atoms. The van der Waals surface area contributed by atoms with Gasteiger partial charge in [0.05, 0.1) is 11.6 Å². The van der Waals surface area contributed by atoms with E-state index in [1.807, 2.05) is 49.3 Å². The molecule has 0 spiro atoms. The minimum absolute atomic E-state index is 0.0376. The van der Waals surface area contributed by atoms with Crippen molar-refractivity contribution in [1.29, 1.82) is 0 Å². The van der Waals surface area contributed by atoms with Gasteiger partial charge < -0.3 is 36.0 Å². The molecule has 2 fully saturated rings. The third-order valence-electron chi connectivity index (χ3n) is 10.4. The highest BCUT2D eigenvalue weighted by Crippen LogP contribution is 2.55. The van der Waals surface area contributed by atoms with Gasteiger partial charge in [0.1, 0.15) is 22.8 Å². The number of hydrogen-bond acceptors (Lipinski definition) is 11. The molecule has 2 aromatic carbocycles. The van der Waals surface area contributed by atoms with Crippen molar-refractivity contribution in [3.63, 3.8) is 0 Å². The van der Waals surface area contributed by atoms with Crippen LogP contribution in [0.15, 0.2) is 47.2 Å². The second-order valence-electron chi connectivity index (χ2n) is 13.8. The van der Waals surface area contributed by atoms with Crippen molar-refractivity contribution in [1.82, 2.24) is 14.7 Å². The normalized spacial score (nSPS) is 26.7. The number of nitrogens with zero attached hydrogens (tertiary/aromatic N) is 4. The molecular formula is C35H43N5O7. The van der Waals surface area contributed by atoms with Crippen LogP contribution in [0.1, 0.15) is 23.1 Å².